The van der Waals surface area contributed by atoms with Crippen molar-refractivity contribution in [3.05, 3.63) is 29.3 Å². The fourth-order valence-corrected chi connectivity index (χ4v) is 1.92. The number of ether oxygens (including phenoxy) is 1. The van der Waals surface area contributed by atoms with E-state index in [4.69, 9.17) is 10.5 Å². The summed E-state index contributed by atoms with van der Waals surface area (Å²) in [5.74, 6) is 0.961. The van der Waals surface area contributed by atoms with E-state index in [2.05, 4.69) is 25.1 Å². The molecule has 0 saturated heterocycles. The van der Waals surface area contributed by atoms with Gasteiger partial charge in [-0.1, -0.05) is 17.7 Å². The zero-order valence-corrected chi connectivity index (χ0v) is 10.4. The lowest BCUT2D eigenvalue weighted by Crippen LogP contribution is -2.31. The summed E-state index contributed by atoms with van der Waals surface area (Å²) in [5, 5.41) is 0. The van der Waals surface area contributed by atoms with Crippen LogP contribution in [0, 0.1) is 6.92 Å². The predicted octanol–water partition coefficient (Wildman–Crippen LogP) is 3.12. The van der Waals surface area contributed by atoms with E-state index in [0.29, 0.717) is 6.10 Å². The number of rotatable bonds is 3. The van der Waals surface area contributed by atoms with Crippen LogP contribution in [0.1, 0.15) is 44.2 Å². The highest BCUT2D eigenvalue weighted by Gasteiger charge is 2.24. The first kappa shape index (κ1) is 11.5. The third-order valence-electron chi connectivity index (χ3n) is 3.18. The van der Waals surface area contributed by atoms with Crippen molar-refractivity contribution in [1.29, 1.82) is 0 Å². The first-order valence-corrected chi connectivity index (χ1v) is 6.03. The molecule has 0 aliphatic heterocycles. The average molecular weight is 219 g/mol. The summed E-state index contributed by atoms with van der Waals surface area (Å²) in [7, 11) is 0. The number of hydrogen-bond donors (Lipinski definition) is 1. The van der Waals surface area contributed by atoms with Crippen LogP contribution in [0.15, 0.2) is 18.2 Å². The zero-order chi connectivity index (χ0) is 11.8. The Morgan fingerprint density at radius 2 is 2.00 bits per heavy atom. The average Bonchev–Trinajstić information content (AvgIpc) is 2.11. The Morgan fingerprint density at radius 1 is 1.31 bits per heavy atom. The highest BCUT2D eigenvalue weighted by atomic mass is 16.5. The molecule has 1 saturated carbocycles. The molecule has 1 aromatic carbocycles. The van der Waals surface area contributed by atoms with Crippen molar-refractivity contribution in [3.63, 3.8) is 0 Å². The molecule has 0 aromatic heterocycles. The van der Waals surface area contributed by atoms with E-state index in [1.54, 1.807) is 0 Å². The summed E-state index contributed by atoms with van der Waals surface area (Å²) >= 11 is 0. The highest BCUT2D eigenvalue weighted by Crippen LogP contribution is 2.32. The van der Waals surface area contributed by atoms with Gasteiger partial charge in [0.15, 0.2) is 0 Å². The van der Waals surface area contributed by atoms with Crippen LogP contribution in [0.25, 0.3) is 0 Å². The maximum atomic E-state index is 6.18. The Morgan fingerprint density at radius 3 is 2.50 bits per heavy atom. The van der Waals surface area contributed by atoms with E-state index >= 15 is 0 Å². The second-order valence-electron chi connectivity index (χ2n) is 5.39. The monoisotopic (exact) mass is 219 g/mol. The fraction of sp³-hybridized carbons (Fsp3) is 0.571. The first-order valence-electron chi connectivity index (χ1n) is 6.03. The molecule has 2 heteroatoms. The van der Waals surface area contributed by atoms with Gasteiger partial charge in [0.25, 0.3) is 0 Å². The molecule has 2 rings (SSSR count). The number of hydrogen-bond acceptors (Lipinski definition) is 2. The Balaban J connectivity index is 2.28. The van der Waals surface area contributed by atoms with Crippen molar-refractivity contribution < 1.29 is 4.74 Å². The summed E-state index contributed by atoms with van der Waals surface area (Å²) in [5.41, 5.74) is 8.18. The Bertz CT molecular complexity index is 375. The number of aryl methyl sites for hydroxylation is 1. The van der Waals surface area contributed by atoms with Crippen molar-refractivity contribution in [2.45, 2.75) is 51.7 Å². The second-order valence-corrected chi connectivity index (χ2v) is 5.39. The predicted molar refractivity (Wildman–Crippen MR) is 66.7 cm³/mol. The normalized spacial score (nSPS) is 17.0. The first-order chi connectivity index (χ1) is 7.47. The molecule has 0 radical (unpaired) electrons. The van der Waals surface area contributed by atoms with Crippen LogP contribution in [0.4, 0.5) is 0 Å². The molecule has 88 valence electrons. The topological polar surface area (TPSA) is 35.2 Å². The van der Waals surface area contributed by atoms with Crippen LogP contribution < -0.4 is 10.5 Å². The summed E-state index contributed by atoms with van der Waals surface area (Å²) in [4.78, 5) is 0. The molecule has 2 nitrogen and oxygen atoms in total. The van der Waals surface area contributed by atoms with Gasteiger partial charge in [-0.2, -0.15) is 0 Å². The van der Waals surface area contributed by atoms with Crippen LogP contribution in [0.3, 0.4) is 0 Å². The minimum atomic E-state index is -0.342. The third kappa shape index (κ3) is 2.38. The lowest BCUT2D eigenvalue weighted by atomic mass is 9.92. The van der Waals surface area contributed by atoms with Crippen LogP contribution in [0.2, 0.25) is 0 Å². The molecule has 0 spiro atoms. The quantitative estimate of drug-likeness (QED) is 0.847. The van der Waals surface area contributed by atoms with Gasteiger partial charge in [-0.05, 0) is 46.1 Å². The maximum absolute atomic E-state index is 6.18. The molecule has 1 aromatic rings. The Hall–Kier alpha value is -1.02. The van der Waals surface area contributed by atoms with Gasteiger partial charge >= 0.3 is 0 Å². The molecule has 16 heavy (non-hydrogen) atoms. The molecular formula is C14H21NO. The molecule has 2 N–H and O–H groups in total. The third-order valence-corrected chi connectivity index (χ3v) is 3.18. The van der Waals surface area contributed by atoms with Crippen molar-refractivity contribution in [3.8, 4) is 5.75 Å². The summed E-state index contributed by atoms with van der Waals surface area (Å²) < 4.78 is 5.98. The van der Waals surface area contributed by atoms with Crippen molar-refractivity contribution in [2.75, 3.05) is 0 Å². The van der Waals surface area contributed by atoms with E-state index < -0.39 is 0 Å². The summed E-state index contributed by atoms with van der Waals surface area (Å²) in [6, 6.07) is 6.27. The van der Waals surface area contributed by atoms with Gasteiger partial charge < -0.3 is 10.5 Å². The second kappa shape index (κ2) is 4.10. The molecule has 1 fully saturated rings. The van der Waals surface area contributed by atoms with Gasteiger partial charge in [0.2, 0.25) is 0 Å². The van der Waals surface area contributed by atoms with Gasteiger partial charge in [-0.25, -0.2) is 0 Å². The van der Waals surface area contributed by atoms with Gasteiger partial charge in [0, 0.05) is 11.1 Å². The summed E-state index contributed by atoms with van der Waals surface area (Å²) in [6.07, 6.45) is 4.05. The van der Waals surface area contributed by atoms with Crippen molar-refractivity contribution in [1.82, 2.24) is 0 Å². The molecule has 1 aliphatic rings. The molecule has 0 amide bonds. The van der Waals surface area contributed by atoms with Crippen molar-refractivity contribution in [2.24, 2.45) is 5.73 Å². The standard InChI is InChI=1S/C14H21NO/c1-10-7-8-13(16-11-5-4-6-11)12(9-10)14(2,3)15/h7-9,11H,4-6,15H2,1-3H3. The lowest BCUT2D eigenvalue weighted by Gasteiger charge is -2.30. The van der Waals surface area contributed by atoms with E-state index in [1.807, 2.05) is 13.8 Å². The number of nitrogens with two attached hydrogens (primary N) is 1. The van der Waals surface area contributed by atoms with Gasteiger partial charge in [-0.3, -0.25) is 0 Å². The molecule has 0 unspecified atom stereocenters. The molecular weight excluding hydrogens is 198 g/mol. The highest BCUT2D eigenvalue weighted by molar-refractivity contribution is 5.41. The van der Waals surface area contributed by atoms with E-state index in [1.165, 1.54) is 24.8 Å². The van der Waals surface area contributed by atoms with Crippen molar-refractivity contribution >= 4 is 0 Å². The molecule has 0 bridgehead atoms. The van der Waals surface area contributed by atoms with Crippen LogP contribution in [0.5, 0.6) is 5.75 Å². The van der Waals surface area contributed by atoms with E-state index in [9.17, 15) is 0 Å². The Labute approximate surface area is 97.8 Å². The van der Waals surface area contributed by atoms with E-state index in [-0.39, 0.29) is 5.54 Å². The van der Waals surface area contributed by atoms with Gasteiger partial charge in [0.05, 0.1) is 6.10 Å². The Kier molecular flexibility index (Phi) is 2.94. The molecule has 0 atom stereocenters. The number of benzene rings is 1. The molecule has 1 aliphatic carbocycles. The van der Waals surface area contributed by atoms with E-state index in [0.717, 1.165) is 11.3 Å². The smallest absolute Gasteiger partial charge is 0.124 e. The zero-order valence-electron chi connectivity index (χ0n) is 10.4. The minimum absolute atomic E-state index is 0.342. The van der Waals surface area contributed by atoms with Gasteiger partial charge in [-0.15, -0.1) is 0 Å². The largest absolute Gasteiger partial charge is 0.490 e. The van der Waals surface area contributed by atoms with Crippen LogP contribution in [-0.2, 0) is 5.54 Å². The van der Waals surface area contributed by atoms with Crippen LogP contribution >= 0.6 is 0 Å². The SMILES string of the molecule is Cc1ccc(OC2CCC2)c(C(C)(C)N)c1. The minimum Gasteiger partial charge on any atom is -0.490 e. The molecule has 0 heterocycles. The maximum Gasteiger partial charge on any atom is 0.124 e. The summed E-state index contributed by atoms with van der Waals surface area (Å²) in [6.45, 7) is 6.13. The van der Waals surface area contributed by atoms with Crippen LogP contribution in [-0.4, -0.2) is 6.10 Å². The fourth-order valence-electron chi connectivity index (χ4n) is 1.92. The van der Waals surface area contributed by atoms with Gasteiger partial charge in [0.1, 0.15) is 5.75 Å². The lowest BCUT2D eigenvalue weighted by molar-refractivity contribution is 0.117.